The number of hydroxylamine groups is 1. The van der Waals surface area contributed by atoms with Crippen LogP contribution in [0.25, 0.3) is 0 Å². The van der Waals surface area contributed by atoms with Gasteiger partial charge in [-0.2, -0.15) is 0 Å². The maximum atomic E-state index is 12.5. The van der Waals surface area contributed by atoms with Crippen molar-refractivity contribution in [2.75, 3.05) is 49.3 Å². The van der Waals surface area contributed by atoms with Crippen LogP contribution in [-0.2, 0) is 20.8 Å². The molecule has 1 unspecified atom stereocenters. The van der Waals surface area contributed by atoms with E-state index in [1.54, 1.807) is 13.0 Å². The Bertz CT molecular complexity index is 1100. The molecule has 0 aliphatic carbocycles. The summed E-state index contributed by atoms with van der Waals surface area (Å²) in [4.78, 5) is 35.0. The third-order valence-corrected chi connectivity index (χ3v) is 7.90. The monoisotopic (exact) mass is 547 g/mol. The van der Waals surface area contributed by atoms with Crippen molar-refractivity contribution in [3.8, 4) is 5.75 Å². The normalized spacial score (nSPS) is 16.9. The summed E-state index contributed by atoms with van der Waals surface area (Å²) in [7, 11) is 0. The molecule has 2 aliphatic heterocycles. The fraction of sp³-hybridized carbons (Fsp3) is 0.500. The van der Waals surface area contributed by atoms with Crippen LogP contribution in [0.4, 0.5) is 11.4 Å². The molecule has 37 heavy (non-hydrogen) atoms. The first kappa shape index (κ1) is 27.6. The third kappa shape index (κ3) is 6.89. The van der Waals surface area contributed by atoms with E-state index < -0.39 is 5.97 Å². The molecule has 0 spiro atoms. The SMILES string of the molecule is CCC(C)C(=O)ON1C(=O)CCc2ccc(OCCCCN3CCN(c4cccc(Cl)c4Cl)CC3)cc21. The average molecular weight is 549 g/mol. The van der Waals surface area contributed by atoms with E-state index in [0.717, 1.165) is 61.9 Å². The summed E-state index contributed by atoms with van der Waals surface area (Å²) in [6.07, 6.45) is 3.55. The first-order valence-corrected chi connectivity index (χ1v) is 13.8. The molecule has 0 bridgehead atoms. The minimum Gasteiger partial charge on any atom is -0.494 e. The number of hydrogen-bond donors (Lipinski definition) is 0. The molecule has 1 atom stereocenters. The number of rotatable bonds is 10. The van der Waals surface area contributed by atoms with Crippen LogP contribution < -0.4 is 14.7 Å². The zero-order valence-electron chi connectivity index (χ0n) is 21.6. The quantitative estimate of drug-likeness (QED) is 0.352. The number of fused-ring (bicyclic) bond motifs is 1. The second kappa shape index (κ2) is 12.9. The molecular formula is C28H35Cl2N3O4. The lowest BCUT2D eigenvalue weighted by atomic mass is 10.0. The van der Waals surface area contributed by atoms with Crippen LogP contribution in [0.1, 0.15) is 45.1 Å². The first-order valence-electron chi connectivity index (χ1n) is 13.1. The van der Waals surface area contributed by atoms with E-state index in [-0.39, 0.29) is 11.8 Å². The Morgan fingerprint density at radius 3 is 2.57 bits per heavy atom. The number of benzene rings is 2. The summed E-state index contributed by atoms with van der Waals surface area (Å²) in [6.45, 7) is 9.11. The molecule has 0 aromatic heterocycles. The van der Waals surface area contributed by atoms with Crippen LogP contribution >= 0.6 is 23.2 Å². The number of anilines is 2. The van der Waals surface area contributed by atoms with Crippen molar-refractivity contribution in [3.63, 3.8) is 0 Å². The van der Waals surface area contributed by atoms with E-state index in [9.17, 15) is 9.59 Å². The van der Waals surface area contributed by atoms with Crippen molar-refractivity contribution in [2.45, 2.75) is 46.0 Å². The Labute approximate surface area is 229 Å². The summed E-state index contributed by atoms with van der Waals surface area (Å²) < 4.78 is 5.99. The average Bonchev–Trinajstić information content (AvgIpc) is 2.91. The Morgan fingerprint density at radius 1 is 1.03 bits per heavy atom. The molecule has 0 N–H and O–H groups in total. The Morgan fingerprint density at radius 2 is 1.81 bits per heavy atom. The van der Waals surface area contributed by atoms with Gasteiger partial charge in [-0.1, -0.05) is 49.2 Å². The maximum Gasteiger partial charge on any atom is 0.335 e. The highest BCUT2D eigenvalue weighted by Gasteiger charge is 2.29. The zero-order valence-corrected chi connectivity index (χ0v) is 23.1. The van der Waals surface area contributed by atoms with Gasteiger partial charge in [0.1, 0.15) is 5.75 Å². The third-order valence-electron chi connectivity index (χ3n) is 7.09. The molecule has 1 amide bonds. The van der Waals surface area contributed by atoms with Gasteiger partial charge in [-0.25, -0.2) is 4.79 Å². The number of halogens is 2. The van der Waals surface area contributed by atoms with Gasteiger partial charge in [0.15, 0.2) is 0 Å². The number of aryl methyl sites for hydroxylation is 1. The van der Waals surface area contributed by atoms with Gasteiger partial charge >= 0.3 is 5.97 Å². The lowest BCUT2D eigenvalue weighted by Crippen LogP contribution is -2.46. The van der Waals surface area contributed by atoms with E-state index >= 15 is 0 Å². The van der Waals surface area contributed by atoms with Gasteiger partial charge in [-0.05, 0) is 56.0 Å². The molecule has 1 fully saturated rings. The van der Waals surface area contributed by atoms with Crippen LogP contribution in [0.2, 0.25) is 10.0 Å². The molecule has 200 valence electrons. The predicted molar refractivity (Wildman–Crippen MR) is 148 cm³/mol. The van der Waals surface area contributed by atoms with Gasteiger partial charge in [0.05, 0.1) is 33.9 Å². The number of ether oxygens (including phenoxy) is 1. The molecule has 7 nitrogen and oxygen atoms in total. The summed E-state index contributed by atoms with van der Waals surface area (Å²) in [5, 5.41) is 2.36. The van der Waals surface area contributed by atoms with E-state index in [0.29, 0.717) is 47.4 Å². The molecule has 0 saturated carbocycles. The minimum absolute atomic E-state index is 0.209. The topological polar surface area (TPSA) is 62.3 Å². The maximum absolute atomic E-state index is 12.5. The van der Waals surface area contributed by atoms with E-state index in [2.05, 4.69) is 9.80 Å². The van der Waals surface area contributed by atoms with Crippen LogP contribution in [0.15, 0.2) is 36.4 Å². The molecule has 2 aromatic rings. The van der Waals surface area contributed by atoms with E-state index in [1.165, 1.54) is 0 Å². The summed E-state index contributed by atoms with van der Waals surface area (Å²) in [5.74, 6) is -0.203. The second-order valence-corrected chi connectivity index (χ2v) is 10.4. The van der Waals surface area contributed by atoms with Crippen molar-refractivity contribution in [2.24, 2.45) is 5.92 Å². The lowest BCUT2D eigenvalue weighted by molar-refractivity contribution is -0.154. The molecule has 2 aromatic carbocycles. The Kier molecular flexibility index (Phi) is 9.57. The lowest BCUT2D eigenvalue weighted by Gasteiger charge is -2.36. The molecule has 0 radical (unpaired) electrons. The van der Waals surface area contributed by atoms with Gasteiger partial charge in [0.2, 0.25) is 0 Å². The van der Waals surface area contributed by atoms with E-state index in [1.807, 2.05) is 37.3 Å². The van der Waals surface area contributed by atoms with Crippen LogP contribution in [-0.4, -0.2) is 56.1 Å². The van der Waals surface area contributed by atoms with Gasteiger partial charge in [0.25, 0.3) is 5.91 Å². The number of amides is 1. The zero-order chi connectivity index (χ0) is 26.4. The number of piperazine rings is 1. The second-order valence-electron chi connectivity index (χ2n) is 9.66. The van der Waals surface area contributed by atoms with Crippen molar-refractivity contribution in [1.29, 1.82) is 0 Å². The number of carbonyl (C=O) groups excluding carboxylic acids is 2. The van der Waals surface area contributed by atoms with Gasteiger partial charge in [-0.3, -0.25) is 9.69 Å². The summed E-state index contributed by atoms with van der Waals surface area (Å²) >= 11 is 12.6. The molecule has 1 saturated heterocycles. The predicted octanol–water partition coefficient (Wildman–Crippen LogP) is 5.76. The van der Waals surface area contributed by atoms with Crippen molar-refractivity contribution in [3.05, 3.63) is 52.0 Å². The highest BCUT2D eigenvalue weighted by atomic mass is 35.5. The Hall–Kier alpha value is -2.48. The number of unbranched alkanes of at least 4 members (excludes halogenated alkanes) is 1. The number of carbonyl (C=O) groups is 2. The molecule has 4 rings (SSSR count). The van der Waals surface area contributed by atoms with E-state index in [4.69, 9.17) is 32.8 Å². The summed E-state index contributed by atoms with van der Waals surface area (Å²) in [5.41, 5.74) is 2.58. The Balaban J connectivity index is 1.22. The first-order chi connectivity index (χ1) is 17.9. The minimum atomic E-state index is -0.397. The number of nitrogens with zero attached hydrogens (tertiary/aromatic N) is 3. The highest BCUT2D eigenvalue weighted by molar-refractivity contribution is 6.43. The van der Waals surface area contributed by atoms with Gasteiger partial charge < -0.3 is 14.5 Å². The smallest absolute Gasteiger partial charge is 0.335 e. The van der Waals surface area contributed by atoms with Gasteiger partial charge in [0, 0.05) is 38.7 Å². The van der Waals surface area contributed by atoms with Crippen LogP contribution in [0.3, 0.4) is 0 Å². The molecule has 9 heteroatoms. The van der Waals surface area contributed by atoms with Gasteiger partial charge in [-0.15, -0.1) is 5.06 Å². The largest absolute Gasteiger partial charge is 0.494 e. The van der Waals surface area contributed by atoms with Crippen molar-refractivity contribution >= 4 is 46.5 Å². The van der Waals surface area contributed by atoms with Crippen LogP contribution in [0, 0.1) is 5.92 Å². The molecular weight excluding hydrogens is 513 g/mol. The fourth-order valence-electron chi connectivity index (χ4n) is 4.53. The standard InChI is InChI=1S/C28H35Cl2N3O4/c1-3-20(2)28(35)37-33-25-19-22(11-9-21(25)10-12-26(33)34)36-18-5-4-13-31-14-16-32(17-15-31)24-8-6-7-23(29)27(24)30/h6-9,11,19-20H,3-5,10,12-18H2,1-2H3. The molecule has 2 heterocycles. The number of hydrogen-bond acceptors (Lipinski definition) is 6. The van der Waals surface area contributed by atoms with Crippen molar-refractivity contribution in [1.82, 2.24) is 4.90 Å². The fourth-order valence-corrected chi connectivity index (χ4v) is 4.95. The molecule has 2 aliphatic rings. The van der Waals surface area contributed by atoms with Crippen molar-refractivity contribution < 1.29 is 19.2 Å². The highest BCUT2D eigenvalue weighted by Crippen LogP contribution is 2.34. The van der Waals surface area contributed by atoms with Crippen LogP contribution in [0.5, 0.6) is 5.75 Å². The summed E-state index contributed by atoms with van der Waals surface area (Å²) in [6, 6.07) is 11.4.